The van der Waals surface area contributed by atoms with Gasteiger partial charge in [0.05, 0.1) is 11.4 Å². The maximum Gasteiger partial charge on any atom is 0.197 e. The molecule has 0 saturated carbocycles. The van der Waals surface area contributed by atoms with E-state index < -0.39 is 10.0 Å². The van der Waals surface area contributed by atoms with Gasteiger partial charge in [0.15, 0.2) is 7.28 Å². The summed E-state index contributed by atoms with van der Waals surface area (Å²) in [6, 6.07) is 58.4. The Bertz CT molecular complexity index is 3300. The van der Waals surface area contributed by atoms with E-state index in [9.17, 15) is 0 Å². The SMILES string of the molecule is Cc1cc(-c2cccc3c2Nc2ccccc2S32c3ccccc3-c3ccccc32)c2c(c1)N(c1cc3c(cc1C)C(C)(C)CCC3(C)C)c1cc3c(cc1[B]2)Sc1ccccc1S3. The van der Waals surface area contributed by atoms with Crippen LogP contribution in [0.1, 0.15) is 62.8 Å². The summed E-state index contributed by atoms with van der Waals surface area (Å²) in [5, 5.41) is 4.11. The van der Waals surface area contributed by atoms with E-state index in [1.807, 2.05) is 23.5 Å². The highest BCUT2D eigenvalue weighted by atomic mass is 32.3. The van der Waals surface area contributed by atoms with Gasteiger partial charge in [-0.25, -0.2) is 0 Å². The summed E-state index contributed by atoms with van der Waals surface area (Å²) in [4.78, 5) is 13.5. The monoisotopic (exact) mass is 879 g/mol. The number of nitrogens with zero attached hydrogens (tertiary/aromatic N) is 1. The van der Waals surface area contributed by atoms with E-state index in [0.717, 1.165) is 0 Å². The van der Waals surface area contributed by atoms with Gasteiger partial charge in [-0.2, -0.15) is 0 Å². The molecule has 6 heteroatoms. The van der Waals surface area contributed by atoms with Gasteiger partial charge in [-0.3, -0.25) is 0 Å². The molecular formula is C58H48BN2S3. The van der Waals surface area contributed by atoms with Gasteiger partial charge in [-0.1, -0.05) is 148 Å². The highest BCUT2D eigenvalue weighted by Crippen LogP contribution is 2.83. The first-order valence-corrected chi connectivity index (χ1v) is 25.9. The van der Waals surface area contributed by atoms with Crippen molar-refractivity contribution in [2.45, 2.75) is 104 Å². The quantitative estimate of drug-likeness (QED) is 0.174. The first kappa shape index (κ1) is 38.9. The first-order chi connectivity index (χ1) is 31.0. The lowest BCUT2D eigenvalue weighted by Crippen LogP contribution is -2.42. The molecule has 4 heterocycles. The maximum absolute atomic E-state index is 4.11. The molecule has 0 fully saturated rings. The molecule has 0 amide bonds. The van der Waals surface area contributed by atoms with Gasteiger partial charge in [0.2, 0.25) is 0 Å². The van der Waals surface area contributed by atoms with E-state index in [0.29, 0.717) is 0 Å². The van der Waals surface area contributed by atoms with Crippen molar-refractivity contribution in [2.75, 3.05) is 10.2 Å². The summed E-state index contributed by atoms with van der Waals surface area (Å²) >= 11 is 3.81. The molecule has 4 aliphatic heterocycles. The van der Waals surface area contributed by atoms with Crippen LogP contribution in [0.2, 0.25) is 0 Å². The topological polar surface area (TPSA) is 15.3 Å². The summed E-state index contributed by atoms with van der Waals surface area (Å²) in [5.41, 5.74) is 19.6. The molecule has 0 saturated heterocycles. The second-order valence-corrected chi connectivity index (χ2v) is 24.7. The molecule has 311 valence electrons. The molecule has 0 unspecified atom stereocenters. The van der Waals surface area contributed by atoms with Crippen molar-refractivity contribution in [1.82, 2.24) is 0 Å². The smallest absolute Gasteiger partial charge is 0.197 e. The molecule has 13 rings (SSSR count). The molecule has 1 spiro atoms. The van der Waals surface area contributed by atoms with Crippen LogP contribution in [-0.2, 0) is 10.8 Å². The number of rotatable bonds is 2. The van der Waals surface area contributed by atoms with Crippen LogP contribution in [0.5, 0.6) is 0 Å². The van der Waals surface area contributed by atoms with E-state index in [4.69, 9.17) is 0 Å². The molecule has 0 atom stereocenters. The minimum Gasteiger partial charge on any atom is -0.353 e. The second-order valence-electron chi connectivity index (χ2n) is 19.6. The zero-order valence-corrected chi connectivity index (χ0v) is 39.5. The number of aryl methyl sites for hydroxylation is 2. The van der Waals surface area contributed by atoms with Crippen molar-refractivity contribution < 1.29 is 0 Å². The summed E-state index contributed by atoms with van der Waals surface area (Å²) in [6.07, 6.45) is 2.37. The number of fused-ring (bicyclic) bond motifs is 14. The molecule has 2 nitrogen and oxygen atoms in total. The number of para-hydroxylation sites is 2. The third-order valence-electron chi connectivity index (χ3n) is 14.7. The van der Waals surface area contributed by atoms with Crippen LogP contribution in [0.15, 0.2) is 191 Å². The molecule has 8 aromatic rings. The Balaban J connectivity index is 1.07. The molecule has 1 aliphatic carbocycles. The van der Waals surface area contributed by atoms with E-state index in [2.05, 4.69) is 211 Å². The predicted molar refractivity (Wildman–Crippen MR) is 273 cm³/mol. The van der Waals surface area contributed by atoms with Gasteiger partial charge in [0.25, 0.3) is 0 Å². The van der Waals surface area contributed by atoms with Gasteiger partial charge < -0.3 is 10.2 Å². The standard InChI is InChI=1S/C58H48BN2S3/c1-34-28-39(38-18-15-25-54-56(38)60-43-19-9-14-24-53(43)64(54)51-22-12-7-16-36(51)37-17-8-13-23-52(37)64)55-46(29-34)61(44-31-41-40(30-35(44)2)57(3,4)26-27-58(41,5)6)45-33-50-49(32-42(45)59-55)62-47-20-10-11-21-48(47)63-50/h7-25,28-33,60H,26-27H2,1-6H3. The van der Waals surface area contributed by atoms with Crippen LogP contribution in [0.3, 0.4) is 0 Å². The highest BCUT2D eigenvalue weighted by Gasteiger charge is 2.47. The number of hydrogen-bond acceptors (Lipinski definition) is 4. The minimum atomic E-state index is -1.82. The number of benzene rings is 8. The van der Waals surface area contributed by atoms with Crippen LogP contribution in [-0.4, -0.2) is 7.28 Å². The number of anilines is 5. The molecular weight excluding hydrogens is 832 g/mol. The molecule has 1 radical (unpaired) electrons. The lowest BCUT2D eigenvalue weighted by atomic mass is 9.58. The lowest BCUT2D eigenvalue weighted by Gasteiger charge is -2.45. The predicted octanol–water partition coefficient (Wildman–Crippen LogP) is 15.8. The van der Waals surface area contributed by atoms with E-state index in [1.165, 1.54) is 136 Å². The van der Waals surface area contributed by atoms with Gasteiger partial charge >= 0.3 is 0 Å². The largest absolute Gasteiger partial charge is 0.353 e. The Morgan fingerprint density at radius 3 is 1.80 bits per heavy atom. The normalized spacial score (nSPS) is 17.4. The Labute approximate surface area is 388 Å². The van der Waals surface area contributed by atoms with Gasteiger partial charge in [0, 0.05) is 61.8 Å². The van der Waals surface area contributed by atoms with Crippen molar-refractivity contribution in [2.24, 2.45) is 0 Å². The van der Waals surface area contributed by atoms with Crippen molar-refractivity contribution in [3.05, 3.63) is 174 Å². The number of hydrogen-bond donors (Lipinski definition) is 1. The molecule has 0 bridgehead atoms. The van der Waals surface area contributed by atoms with E-state index >= 15 is 0 Å². The maximum atomic E-state index is 4.11. The summed E-state index contributed by atoms with van der Waals surface area (Å²) in [6.45, 7) is 14.4. The third-order valence-corrected chi connectivity index (χ3v) is 21.3. The van der Waals surface area contributed by atoms with Crippen LogP contribution < -0.4 is 21.1 Å². The van der Waals surface area contributed by atoms with E-state index in [-0.39, 0.29) is 10.8 Å². The molecule has 5 aliphatic rings. The first-order valence-electron chi connectivity index (χ1n) is 22.6. The van der Waals surface area contributed by atoms with Gasteiger partial charge in [-0.05, 0) is 143 Å². The fourth-order valence-corrected chi connectivity index (χ4v) is 18.2. The zero-order chi connectivity index (χ0) is 43.3. The van der Waals surface area contributed by atoms with Crippen LogP contribution >= 0.6 is 33.6 Å². The Kier molecular flexibility index (Phi) is 8.35. The zero-order valence-electron chi connectivity index (χ0n) is 37.1. The van der Waals surface area contributed by atoms with Crippen molar-refractivity contribution in [3.8, 4) is 22.3 Å². The molecule has 1 N–H and O–H groups in total. The van der Waals surface area contributed by atoms with Gasteiger partial charge in [0.1, 0.15) is 0 Å². The van der Waals surface area contributed by atoms with Gasteiger partial charge in [-0.15, -0.1) is 10.0 Å². The van der Waals surface area contributed by atoms with Crippen LogP contribution in [0.4, 0.5) is 28.4 Å². The molecule has 8 aromatic carbocycles. The fraction of sp³-hybridized carbons (Fsp3) is 0.172. The third kappa shape index (κ3) is 5.40. The Morgan fingerprint density at radius 2 is 1.09 bits per heavy atom. The summed E-state index contributed by atoms with van der Waals surface area (Å²) in [5.74, 6) is 0. The Hall–Kier alpha value is -5.53. The number of nitrogens with one attached hydrogen (secondary N) is 1. The molecule has 0 aromatic heterocycles. The Morgan fingerprint density at radius 1 is 0.516 bits per heavy atom. The van der Waals surface area contributed by atoms with E-state index in [1.54, 1.807) is 0 Å². The van der Waals surface area contributed by atoms with Crippen LogP contribution in [0, 0.1) is 13.8 Å². The summed E-state index contributed by atoms with van der Waals surface area (Å²) < 4.78 is 0. The van der Waals surface area contributed by atoms with Crippen molar-refractivity contribution >= 4 is 80.2 Å². The average molecular weight is 880 g/mol. The second kappa shape index (κ2) is 13.7. The fourth-order valence-electron chi connectivity index (χ4n) is 11.5. The molecule has 64 heavy (non-hydrogen) atoms. The highest BCUT2D eigenvalue weighted by molar-refractivity contribution is 8.34. The van der Waals surface area contributed by atoms with Crippen LogP contribution in [0.25, 0.3) is 22.3 Å². The summed E-state index contributed by atoms with van der Waals surface area (Å²) in [7, 11) is 0.680. The van der Waals surface area contributed by atoms with Crippen molar-refractivity contribution in [1.29, 1.82) is 0 Å². The minimum absolute atomic E-state index is 0.0749. The average Bonchev–Trinajstić information content (AvgIpc) is 3.59. The lowest BCUT2D eigenvalue weighted by molar-refractivity contribution is 0.332. The van der Waals surface area contributed by atoms with Crippen molar-refractivity contribution in [3.63, 3.8) is 0 Å².